The number of rotatable bonds is 5. The fraction of sp³-hybridized carbons (Fsp3) is 0.222. The third kappa shape index (κ3) is 4.43. The van der Waals surface area contributed by atoms with Gasteiger partial charge in [0.25, 0.3) is 0 Å². The molecule has 100 valence electrons. The molecular formula is C9H8BrClFNO4S. The molecule has 1 aromatic rings. The minimum absolute atomic E-state index is 0.0246. The molecule has 0 saturated heterocycles. The van der Waals surface area contributed by atoms with Gasteiger partial charge in [0.05, 0.1) is 22.9 Å². The molecule has 0 saturated carbocycles. The van der Waals surface area contributed by atoms with Crippen LogP contribution in [0.5, 0.6) is 0 Å². The zero-order valence-corrected chi connectivity index (χ0v) is 11.9. The zero-order valence-electron chi connectivity index (χ0n) is 8.78. The highest BCUT2D eigenvalue weighted by Gasteiger charge is 2.17. The van der Waals surface area contributed by atoms with Gasteiger partial charge in [-0.3, -0.25) is 9.52 Å². The molecule has 18 heavy (non-hydrogen) atoms. The van der Waals surface area contributed by atoms with Crippen LogP contribution in [0.3, 0.4) is 0 Å². The van der Waals surface area contributed by atoms with Crippen LogP contribution in [0.1, 0.15) is 6.42 Å². The van der Waals surface area contributed by atoms with Crippen LogP contribution in [0.4, 0.5) is 10.1 Å². The molecule has 0 aliphatic rings. The molecule has 1 aromatic carbocycles. The maximum absolute atomic E-state index is 12.9. The lowest BCUT2D eigenvalue weighted by Crippen LogP contribution is -2.19. The van der Waals surface area contributed by atoms with Crippen LogP contribution >= 0.6 is 27.5 Å². The zero-order chi connectivity index (χ0) is 13.9. The minimum atomic E-state index is -3.86. The van der Waals surface area contributed by atoms with Gasteiger partial charge in [-0.15, -0.1) is 0 Å². The summed E-state index contributed by atoms with van der Waals surface area (Å²) in [6.07, 6.45) is -0.536. The molecule has 0 spiro atoms. The molecule has 2 N–H and O–H groups in total. The fourth-order valence-corrected chi connectivity index (χ4v) is 3.23. The van der Waals surface area contributed by atoms with Crippen molar-refractivity contribution in [3.05, 3.63) is 27.4 Å². The third-order valence-electron chi connectivity index (χ3n) is 1.85. The van der Waals surface area contributed by atoms with E-state index in [-0.39, 0.29) is 15.2 Å². The molecule has 0 radical (unpaired) electrons. The summed E-state index contributed by atoms with van der Waals surface area (Å²) in [5.41, 5.74) is -0.0246. The Morgan fingerprint density at radius 2 is 2.11 bits per heavy atom. The van der Waals surface area contributed by atoms with E-state index in [2.05, 4.69) is 20.7 Å². The number of hydrogen-bond donors (Lipinski definition) is 2. The number of nitrogens with one attached hydrogen (secondary N) is 1. The molecule has 5 nitrogen and oxygen atoms in total. The van der Waals surface area contributed by atoms with Gasteiger partial charge in [0.2, 0.25) is 10.0 Å². The number of benzene rings is 1. The third-order valence-corrected chi connectivity index (χ3v) is 4.03. The molecule has 0 atom stereocenters. The molecule has 0 amide bonds. The van der Waals surface area contributed by atoms with E-state index in [1.807, 2.05) is 0 Å². The molecule has 9 heteroatoms. The van der Waals surface area contributed by atoms with Gasteiger partial charge < -0.3 is 5.11 Å². The first-order chi connectivity index (χ1) is 8.21. The molecule has 0 aliphatic heterocycles. The summed E-state index contributed by atoms with van der Waals surface area (Å²) >= 11 is 8.65. The standard InChI is InChI=1S/C9H8BrClFNO4S/c10-6-3-5(12)4-7(11)9(6)13-18(16,17)2-1-8(14)15/h3-4,13H,1-2H2,(H,14,15). The largest absolute Gasteiger partial charge is 0.481 e. The van der Waals surface area contributed by atoms with Gasteiger partial charge in [-0.25, -0.2) is 12.8 Å². The minimum Gasteiger partial charge on any atom is -0.481 e. The Hall–Kier alpha value is -0.860. The summed E-state index contributed by atoms with van der Waals surface area (Å²) in [5.74, 6) is -2.45. The van der Waals surface area contributed by atoms with E-state index in [0.29, 0.717) is 0 Å². The normalized spacial score (nSPS) is 11.3. The first-order valence-corrected chi connectivity index (χ1v) is 7.40. The lowest BCUT2D eigenvalue weighted by molar-refractivity contribution is -0.136. The Bertz CT molecular complexity index is 555. The van der Waals surface area contributed by atoms with Crippen molar-refractivity contribution in [1.29, 1.82) is 0 Å². The van der Waals surface area contributed by atoms with Crippen LogP contribution < -0.4 is 4.72 Å². The summed E-state index contributed by atoms with van der Waals surface area (Å²) in [7, 11) is -3.86. The van der Waals surface area contributed by atoms with E-state index < -0.39 is 34.0 Å². The molecule has 1 rings (SSSR count). The summed E-state index contributed by atoms with van der Waals surface area (Å²) in [6.45, 7) is 0. The van der Waals surface area contributed by atoms with Gasteiger partial charge in [0, 0.05) is 4.47 Å². The fourth-order valence-electron chi connectivity index (χ4n) is 1.07. The van der Waals surface area contributed by atoms with Crippen molar-refractivity contribution in [2.75, 3.05) is 10.5 Å². The van der Waals surface area contributed by atoms with Crippen molar-refractivity contribution < 1.29 is 22.7 Å². The molecule has 0 fully saturated rings. The number of sulfonamides is 1. The average molecular weight is 361 g/mol. The Morgan fingerprint density at radius 1 is 1.50 bits per heavy atom. The van der Waals surface area contributed by atoms with Crippen LogP contribution in [-0.2, 0) is 14.8 Å². The van der Waals surface area contributed by atoms with E-state index in [1.165, 1.54) is 0 Å². The van der Waals surface area contributed by atoms with Gasteiger partial charge in [0.15, 0.2) is 0 Å². The summed E-state index contributed by atoms with van der Waals surface area (Å²) in [4.78, 5) is 10.3. The van der Waals surface area contributed by atoms with Crippen molar-refractivity contribution in [2.24, 2.45) is 0 Å². The number of carboxylic acid groups (broad SMARTS) is 1. The molecule has 0 aliphatic carbocycles. The van der Waals surface area contributed by atoms with Crippen LogP contribution in [0, 0.1) is 5.82 Å². The highest BCUT2D eigenvalue weighted by molar-refractivity contribution is 9.10. The van der Waals surface area contributed by atoms with Crippen LogP contribution in [-0.4, -0.2) is 25.2 Å². The smallest absolute Gasteiger partial charge is 0.304 e. The van der Waals surface area contributed by atoms with Gasteiger partial charge >= 0.3 is 5.97 Å². The summed E-state index contributed by atoms with van der Waals surface area (Å²) in [6, 6.07) is 1.99. The Balaban J connectivity index is 2.94. The first-order valence-electron chi connectivity index (χ1n) is 4.58. The molecular weight excluding hydrogens is 353 g/mol. The Labute approximate surface area is 116 Å². The second kappa shape index (κ2) is 5.85. The monoisotopic (exact) mass is 359 g/mol. The van der Waals surface area contributed by atoms with Crippen LogP contribution in [0.15, 0.2) is 16.6 Å². The van der Waals surface area contributed by atoms with Crippen molar-refractivity contribution in [3.63, 3.8) is 0 Å². The number of anilines is 1. The maximum atomic E-state index is 12.9. The van der Waals surface area contributed by atoms with Crippen molar-refractivity contribution in [2.45, 2.75) is 6.42 Å². The van der Waals surface area contributed by atoms with Crippen molar-refractivity contribution >= 4 is 49.2 Å². The second-order valence-electron chi connectivity index (χ2n) is 3.31. The molecule has 0 heterocycles. The van der Waals surface area contributed by atoms with Gasteiger partial charge in [-0.2, -0.15) is 0 Å². The van der Waals surface area contributed by atoms with Crippen LogP contribution in [0.25, 0.3) is 0 Å². The maximum Gasteiger partial charge on any atom is 0.304 e. The van der Waals surface area contributed by atoms with Crippen LogP contribution in [0.2, 0.25) is 5.02 Å². The van der Waals surface area contributed by atoms with Gasteiger partial charge in [-0.1, -0.05) is 11.6 Å². The van der Waals surface area contributed by atoms with Gasteiger partial charge in [0.1, 0.15) is 5.82 Å². The highest BCUT2D eigenvalue weighted by atomic mass is 79.9. The SMILES string of the molecule is O=C(O)CCS(=O)(=O)Nc1c(Cl)cc(F)cc1Br. The average Bonchev–Trinajstić information content (AvgIpc) is 2.21. The lowest BCUT2D eigenvalue weighted by Gasteiger charge is -2.10. The highest BCUT2D eigenvalue weighted by Crippen LogP contribution is 2.32. The van der Waals surface area contributed by atoms with E-state index in [1.54, 1.807) is 0 Å². The summed E-state index contributed by atoms with van der Waals surface area (Å²) < 4.78 is 38.2. The van der Waals surface area contributed by atoms with E-state index in [4.69, 9.17) is 16.7 Å². The number of hydrogen-bond acceptors (Lipinski definition) is 3. The molecule has 0 unspecified atom stereocenters. The number of halogens is 3. The van der Waals surface area contributed by atoms with E-state index in [0.717, 1.165) is 12.1 Å². The predicted molar refractivity (Wildman–Crippen MR) is 68.8 cm³/mol. The Kier molecular flexibility index (Phi) is 4.94. The summed E-state index contributed by atoms with van der Waals surface area (Å²) in [5, 5.41) is 8.29. The van der Waals surface area contributed by atoms with E-state index in [9.17, 15) is 17.6 Å². The lowest BCUT2D eigenvalue weighted by atomic mass is 10.3. The molecule has 0 bridgehead atoms. The van der Waals surface area contributed by atoms with Crippen molar-refractivity contribution in [1.82, 2.24) is 0 Å². The topological polar surface area (TPSA) is 83.5 Å². The number of carboxylic acids is 1. The second-order valence-corrected chi connectivity index (χ2v) is 6.41. The van der Waals surface area contributed by atoms with Gasteiger partial charge in [-0.05, 0) is 28.1 Å². The first kappa shape index (κ1) is 15.2. The number of aliphatic carboxylic acids is 1. The number of carbonyl (C=O) groups is 1. The quantitative estimate of drug-likeness (QED) is 0.845. The predicted octanol–water partition coefficient (Wildman–Crippen LogP) is 2.46. The van der Waals surface area contributed by atoms with E-state index >= 15 is 0 Å². The Morgan fingerprint density at radius 3 is 2.61 bits per heavy atom. The van der Waals surface area contributed by atoms with Crippen molar-refractivity contribution in [3.8, 4) is 0 Å². The molecule has 0 aromatic heterocycles.